The van der Waals surface area contributed by atoms with Crippen molar-refractivity contribution in [3.63, 3.8) is 0 Å². The van der Waals surface area contributed by atoms with Crippen LogP contribution in [-0.2, 0) is 4.79 Å². The van der Waals surface area contributed by atoms with E-state index in [2.05, 4.69) is 39.6 Å². The van der Waals surface area contributed by atoms with Gasteiger partial charge in [0.25, 0.3) is 0 Å². The minimum Gasteiger partial charge on any atom is -0.325 e. The standard InChI is InChI=1S/C19H20BrN3O/c1-3-18(15-7-9-16(20)10-8-15)22-13(2)19(24)23-17-6-4-5-14(11-17)12-21/h4-11,13,18,22H,3H2,1-2H3,(H,23,24)/t13-,18-/m1/s1. The second-order valence-corrected chi connectivity index (χ2v) is 6.50. The van der Waals surface area contributed by atoms with Crippen LogP contribution >= 0.6 is 15.9 Å². The highest BCUT2D eigenvalue weighted by Gasteiger charge is 2.18. The summed E-state index contributed by atoms with van der Waals surface area (Å²) in [5.74, 6) is -0.124. The maximum atomic E-state index is 12.4. The lowest BCUT2D eigenvalue weighted by Gasteiger charge is -2.22. The molecule has 0 unspecified atom stereocenters. The van der Waals surface area contributed by atoms with Gasteiger partial charge >= 0.3 is 0 Å². The Morgan fingerprint density at radius 1 is 1.25 bits per heavy atom. The SMILES string of the molecule is CC[C@@H](N[C@H](C)C(=O)Nc1cccc(C#N)c1)c1ccc(Br)cc1. The number of nitrogens with zero attached hydrogens (tertiary/aromatic N) is 1. The zero-order chi connectivity index (χ0) is 17.5. The Labute approximate surface area is 151 Å². The lowest BCUT2D eigenvalue weighted by Crippen LogP contribution is -2.40. The molecule has 24 heavy (non-hydrogen) atoms. The van der Waals surface area contributed by atoms with Gasteiger partial charge in [-0.1, -0.05) is 41.1 Å². The van der Waals surface area contributed by atoms with Crippen LogP contribution in [0, 0.1) is 11.3 Å². The fraction of sp³-hybridized carbons (Fsp3) is 0.263. The van der Waals surface area contributed by atoms with Gasteiger partial charge in [-0.2, -0.15) is 5.26 Å². The highest BCUT2D eigenvalue weighted by atomic mass is 79.9. The first-order valence-electron chi connectivity index (χ1n) is 7.86. The highest BCUT2D eigenvalue weighted by Crippen LogP contribution is 2.20. The van der Waals surface area contributed by atoms with Crippen LogP contribution in [0.5, 0.6) is 0 Å². The Morgan fingerprint density at radius 3 is 2.58 bits per heavy atom. The van der Waals surface area contributed by atoms with Crippen molar-refractivity contribution in [3.05, 3.63) is 64.1 Å². The van der Waals surface area contributed by atoms with E-state index in [1.165, 1.54) is 0 Å². The van der Waals surface area contributed by atoms with Crippen LogP contribution in [-0.4, -0.2) is 11.9 Å². The monoisotopic (exact) mass is 385 g/mol. The van der Waals surface area contributed by atoms with Crippen LogP contribution < -0.4 is 10.6 Å². The molecular weight excluding hydrogens is 366 g/mol. The van der Waals surface area contributed by atoms with Crippen LogP contribution in [0.15, 0.2) is 53.0 Å². The number of nitrogens with one attached hydrogen (secondary N) is 2. The van der Waals surface area contributed by atoms with Gasteiger partial charge in [-0.3, -0.25) is 10.1 Å². The molecule has 5 heteroatoms. The quantitative estimate of drug-likeness (QED) is 0.774. The number of rotatable bonds is 6. The summed E-state index contributed by atoms with van der Waals surface area (Å²) in [6.45, 7) is 3.92. The highest BCUT2D eigenvalue weighted by molar-refractivity contribution is 9.10. The molecule has 2 aromatic carbocycles. The van der Waals surface area contributed by atoms with Crippen LogP contribution in [0.2, 0.25) is 0 Å². The minimum atomic E-state index is -0.357. The van der Waals surface area contributed by atoms with Crippen LogP contribution in [0.3, 0.4) is 0 Å². The summed E-state index contributed by atoms with van der Waals surface area (Å²) in [5, 5.41) is 15.1. The van der Waals surface area contributed by atoms with E-state index >= 15 is 0 Å². The van der Waals surface area contributed by atoms with Crippen molar-refractivity contribution in [1.82, 2.24) is 5.32 Å². The zero-order valence-corrected chi connectivity index (χ0v) is 15.3. The lowest BCUT2D eigenvalue weighted by molar-refractivity contribution is -0.118. The van der Waals surface area contributed by atoms with Crippen molar-refractivity contribution in [2.24, 2.45) is 0 Å². The van der Waals surface area contributed by atoms with E-state index in [9.17, 15) is 4.79 Å². The molecule has 2 N–H and O–H groups in total. The van der Waals surface area contributed by atoms with Crippen molar-refractivity contribution in [1.29, 1.82) is 5.26 Å². The first-order chi connectivity index (χ1) is 11.5. The Morgan fingerprint density at radius 2 is 1.96 bits per heavy atom. The molecule has 0 fully saturated rings. The fourth-order valence-electron chi connectivity index (χ4n) is 2.44. The van der Waals surface area contributed by atoms with Gasteiger partial charge in [0, 0.05) is 16.2 Å². The number of carbonyl (C=O) groups excluding carboxylic acids is 1. The molecule has 2 atom stereocenters. The van der Waals surface area contributed by atoms with Gasteiger partial charge in [-0.15, -0.1) is 0 Å². The van der Waals surface area contributed by atoms with Gasteiger partial charge in [0.15, 0.2) is 0 Å². The molecule has 0 spiro atoms. The van der Waals surface area contributed by atoms with Gasteiger partial charge in [0.05, 0.1) is 17.7 Å². The zero-order valence-electron chi connectivity index (χ0n) is 13.7. The molecule has 2 rings (SSSR count). The van der Waals surface area contributed by atoms with Gasteiger partial charge in [-0.25, -0.2) is 0 Å². The Hall–Kier alpha value is -2.16. The Kier molecular flexibility index (Phi) is 6.53. The summed E-state index contributed by atoms with van der Waals surface area (Å²) in [6, 6.07) is 16.8. The first-order valence-corrected chi connectivity index (χ1v) is 8.65. The molecule has 0 aliphatic rings. The summed E-state index contributed by atoms with van der Waals surface area (Å²) in [7, 11) is 0. The van der Waals surface area contributed by atoms with E-state index in [-0.39, 0.29) is 18.0 Å². The van der Waals surface area contributed by atoms with E-state index in [1.54, 1.807) is 24.3 Å². The fourth-order valence-corrected chi connectivity index (χ4v) is 2.70. The maximum absolute atomic E-state index is 12.4. The molecule has 0 bridgehead atoms. The number of benzene rings is 2. The average Bonchev–Trinajstić information content (AvgIpc) is 2.60. The topological polar surface area (TPSA) is 64.9 Å². The predicted molar refractivity (Wildman–Crippen MR) is 99.6 cm³/mol. The molecule has 0 aliphatic carbocycles. The molecule has 0 aromatic heterocycles. The van der Waals surface area contributed by atoms with Crippen molar-refractivity contribution in [2.75, 3.05) is 5.32 Å². The minimum absolute atomic E-state index is 0.101. The Balaban J connectivity index is 2.01. The van der Waals surface area contributed by atoms with E-state index in [0.29, 0.717) is 11.3 Å². The summed E-state index contributed by atoms with van der Waals surface area (Å²) in [5.41, 5.74) is 2.30. The van der Waals surface area contributed by atoms with E-state index in [0.717, 1.165) is 16.5 Å². The number of amides is 1. The first kappa shape index (κ1) is 18.2. The van der Waals surface area contributed by atoms with Crippen LogP contribution in [0.25, 0.3) is 0 Å². The second kappa shape index (κ2) is 8.62. The third kappa shape index (κ3) is 4.92. The van der Waals surface area contributed by atoms with E-state index < -0.39 is 0 Å². The van der Waals surface area contributed by atoms with Gasteiger partial charge < -0.3 is 5.32 Å². The molecule has 4 nitrogen and oxygen atoms in total. The number of halogens is 1. The van der Waals surface area contributed by atoms with Crippen LogP contribution in [0.1, 0.15) is 37.4 Å². The number of nitriles is 1. The Bertz CT molecular complexity index is 737. The molecule has 1 amide bonds. The third-order valence-corrected chi connectivity index (χ3v) is 4.31. The molecule has 0 radical (unpaired) electrons. The van der Waals surface area contributed by atoms with Crippen molar-refractivity contribution < 1.29 is 4.79 Å². The largest absolute Gasteiger partial charge is 0.325 e. The summed E-state index contributed by atoms with van der Waals surface area (Å²) >= 11 is 3.43. The molecule has 0 saturated carbocycles. The summed E-state index contributed by atoms with van der Waals surface area (Å²) < 4.78 is 1.03. The molecular formula is C19H20BrN3O. The van der Waals surface area contributed by atoms with Crippen molar-refractivity contribution >= 4 is 27.5 Å². The van der Waals surface area contributed by atoms with Crippen molar-refractivity contribution in [2.45, 2.75) is 32.4 Å². The van der Waals surface area contributed by atoms with Crippen molar-refractivity contribution in [3.8, 4) is 6.07 Å². The van der Waals surface area contributed by atoms with E-state index in [1.807, 2.05) is 31.2 Å². The normalized spacial score (nSPS) is 12.9. The van der Waals surface area contributed by atoms with Gasteiger partial charge in [0.2, 0.25) is 5.91 Å². The van der Waals surface area contributed by atoms with Gasteiger partial charge in [-0.05, 0) is 49.2 Å². The summed E-state index contributed by atoms with van der Waals surface area (Å²) in [6.07, 6.45) is 0.878. The summed E-state index contributed by atoms with van der Waals surface area (Å²) in [4.78, 5) is 12.4. The molecule has 0 saturated heterocycles. The third-order valence-electron chi connectivity index (χ3n) is 3.78. The number of carbonyl (C=O) groups is 1. The smallest absolute Gasteiger partial charge is 0.241 e. The maximum Gasteiger partial charge on any atom is 0.241 e. The number of hydrogen-bond acceptors (Lipinski definition) is 3. The van der Waals surface area contributed by atoms with Crippen LogP contribution in [0.4, 0.5) is 5.69 Å². The molecule has 0 heterocycles. The molecule has 0 aliphatic heterocycles. The number of hydrogen-bond donors (Lipinski definition) is 2. The number of anilines is 1. The second-order valence-electron chi connectivity index (χ2n) is 5.58. The average molecular weight is 386 g/mol. The molecule has 124 valence electrons. The molecule has 2 aromatic rings. The lowest BCUT2D eigenvalue weighted by atomic mass is 10.0. The van der Waals surface area contributed by atoms with E-state index in [4.69, 9.17) is 5.26 Å². The van der Waals surface area contributed by atoms with Gasteiger partial charge in [0.1, 0.15) is 0 Å². The predicted octanol–water partition coefficient (Wildman–Crippen LogP) is 4.39.